The Morgan fingerprint density at radius 2 is 1.62 bits per heavy atom. The molecule has 0 fully saturated rings. The maximum atomic E-state index is 14.7. The summed E-state index contributed by atoms with van der Waals surface area (Å²) in [5.74, 6) is -2.57. The van der Waals surface area contributed by atoms with Crippen molar-refractivity contribution in [2.75, 3.05) is 0 Å². The van der Waals surface area contributed by atoms with E-state index >= 15 is 0 Å². The van der Waals surface area contributed by atoms with Crippen molar-refractivity contribution in [1.82, 2.24) is 9.78 Å². The van der Waals surface area contributed by atoms with Crippen molar-refractivity contribution in [1.29, 1.82) is 0 Å². The van der Waals surface area contributed by atoms with E-state index in [1.807, 2.05) is 0 Å². The molecular weight excluding hydrogens is 450 g/mol. The van der Waals surface area contributed by atoms with E-state index in [2.05, 4.69) is 5.10 Å². The molecule has 1 amide bonds. The van der Waals surface area contributed by atoms with E-state index in [0.29, 0.717) is 10.2 Å². The molecule has 0 saturated carbocycles. The normalized spacial score (nSPS) is 11.7. The molecule has 0 saturated heterocycles. The lowest BCUT2D eigenvalue weighted by molar-refractivity contribution is -0.137. The van der Waals surface area contributed by atoms with Gasteiger partial charge in [-0.25, -0.2) is 4.39 Å². The van der Waals surface area contributed by atoms with Crippen LogP contribution in [0.25, 0.3) is 22.2 Å². The molecule has 3 aromatic carbocycles. The van der Waals surface area contributed by atoms with E-state index in [4.69, 9.17) is 17.3 Å². The van der Waals surface area contributed by atoms with Crippen LogP contribution in [0.15, 0.2) is 60.7 Å². The molecule has 10 heteroatoms. The number of fused-ring (bicyclic) bond motifs is 1. The highest BCUT2D eigenvalue weighted by atomic mass is 35.5. The van der Waals surface area contributed by atoms with E-state index in [1.165, 1.54) is 36.4 Å². The number of aromatic nitrogens is 2. The molecule has 0 spiro atoms. The van der Waals surface area contributed by atoms with Gasteiger partial charge in [0, 0.05) is 11.1 Å². The van der Waals surface area contributed by atoms with Gasteiger partial charge in [-0.15, -0.1) is 0 Å². The van der Waals surface area contributed by atoms with Crippen molar-refractivity contribution in [3.05, 3.63) is 88.2 Å². The molecule has 0 unspecified atom stereocenters. The van der Waals surface area contributed by atoms with Crippen LogP contribution in [0.3, 0.4) is 0 Å². The van der Waals surface area contributed by atoms with Gasteiger partial charge in [0.15, 0.2) is 0 Å². The number of halogens is 5. The highest BCUT2D eigenvalue weighted by Gasteiger charge is 2.37. The minimum atomic E-state index is -4.85. The van der Waals surface area contributed by atoms with Crippen LogP contribution in [0.2, 0.25) is 5.02 Å². The molecule has 4 aromatic rings. The standard InChI is InChI=1S/C22H12ClF4N3O2/c23-14-4-1-3-13(22(25,26)27)17(14)21(32)30-16-6-2-5-15(24)18(16)19(29-30)11-7-9-12(10-8-11)20(28)31/h1-10H,(H2,28,31). The zero-order valence-electron chi connectivity index (χ0n) is 16.0. The molecule has 2 N–H and O–H groups in total. The van der Waals surface area contributed by atoms with Gasteiger partial charge in [-0.3, -0.25) is 9.59 Å². The highest BCUT2D eigenvalue weighted by Crippen LogP contribution is 2.37. The third kappa shape index (κ3) is 3.60. The number of rotatable bonds is 3. The van der Waals surface area contributed by atoms with Crippen LogP contribution in [0, 0.1) is 5.82 Å². The lowest BCUT2D eigenvalue weighted by atomic mass is 10.0. The fourth-order valence-corrected chi connectivity index (χ4v) is 3.62. The van der Waals surface area contributed by atoms with Gasteiger partial charge in [-0.2, -0.15) is 23.0 Å². The molecule has 0 radical (unpaired) electrons. The summed E-state index contributed by atoms with van der Waals surface area (Å²) in [7, 11) is 0. The molecular formula is C22H12ClF4N3O2. The van der Waals surface area contributed by atoms with Gasteiger partial charge >= 0.3 is 6.18 Å². The van der Waals surface area contributed by atoms with Crippen molar-refractivity contribution < 1.29 is 27.2 Å². The maximum Gasteiger partial charge on any atom is 0.417 e. The lowest BCUT2D eigenvalue weighted by Gasteiger charge is -2.13. The first kappa shape index (κ1) is 21.5. The predicted octanol–water partition coefficient (Wildman–Crippen LogP) is 5.30. The van der Waals surface area contributed by atoms with Crippen LogP contribution in [-0.4, -0.2) is 21.6 Å². The number of nitrogens with zero attached hydrogens (tertiary/aromatic N) is 2. The van der Waals surface area contributed by atoms with Crippen LogP contribution in [0.5, 0.6) is 0 Å². The first-order chi connectivity index (χ1) is 15.1. The molecule has 0 bridgehead atoms. The first-order valence-corrected chi connectivity index (χ1v) is 9.45. The summed E-state index contributed by atoms with van der Waals surface area (Å²) in [5, 5.41) is 3.63. The minimum absolute atomic E-state index is 0.00285. The zero-order valence-corrected chi connectivity index (χ0v) is 16.7. The van der Waals surface area contributed by atoms with Gasteiger partial charge in [-0.1, -0.05) is 35.9 Å². The highest BCUT2D eigenvalue weighted by molar-refractivity contribution is 6.34. The van der Waals surface area contributed by atoms with Gasteiger partial charge in [-0.05, 0) is 36.4 Å². The number of primary amides is 1. The summed E-state index contributed by atoms with van der Waals surface area (Å²) >= 11 is 5.95. The Hall–Kier alpha value is -3.72. The number of hydrogen-bond acceptors (Lipinski definition) is 3. The molecule has 0 aliphatic rings. The first-order valence-electron chi connectivity index (χ1n) is 9.07. The van der Waals surface area contributed by atoms with Crippen LogP contribution < -0.4 is 5.73 Å². The number of nitrogens with two attached hydrogens (primary N) is 1. The lowest BCUT2D eigenvalue weighted by Crippen LogP contribution is -2.20. The van der Waals surface area contributed by atoms with Gasteiger partial charge in [0.05, 0.1) is 27.1 Å². The number of carbonyl (C=O) groups is 2. The van der Waals surface area contributed by atoms with Crippen LogP contribution in [-0.2, 0) is 6.18 Å². The van der Waals surface area contributed by atoms with E-state index in [0.717, 1.165) is 24.3 Å². The average Bonchev–Trinajstić information content (AvgIpc) is 3.13. The van der Waals surface area contributed by atoms with Gasteiger partial charge in [0.2, 0.25) is 5.91 Å². The largest absolute Gasteiger partial charge is 0.417 e. The topological polar surface area (TPSA) is 78.0 Å². The monoisotopic (exact) mass is 461 g/mol. The van der Waals surface area contributed by atoms with Crippen LogP contribution in [0.1, 0.15) is 26.3 Å². The average molecular weight is 462 g/mol. The Labute approximate surface area is 183 Å². The quantitative estimate of drug-likeness (QED) is 0.420. The van der Waals surface area contributed by atoms with Crippen LogP contribution >= 0.6 is 11.6 Å². The second-order valence-corrected chi connectivity index (χ2v) is 7.21. The Morgan fingerprint density at radius 3 is 2.25 bits per heavy atom. The molecule has 0 atom stereocenters. The van der Waals surface area contributed by atoms with Crippen molar-refractivity contribution in [2.45, 2.75) is 6.18 Å². The van der Waals surface area contributed by atoms with Crippen molar-refractivity contribution in [2.24, 2.45) is 5.73 Å². The summed E-state index contributed by atoms with van der Waals surface area (Å²) in [6.45, 7) is 0. The second kappa shape index (κ2) is 7.76. The van der Waals surface area contributed by atoms with Crippen molar-refractivity contribution >= 4 is 34.3 Å². The number of carbonyl (C=O) groups excluding carboxylic acids is 2. The Kier molecular flexibility index (Phi) is 5.21. The summed E-state index contributed by atoms with van der Waals surface area (Å²) in [5.41, 5.74) is 3.67. The second-order valence-electron chi connectivity index (χ2n) is 6.80. The van der Waals surface area contributed by atoms with E-state index in [-0.39, 0.29) is 22.2 Å². The molecule has 1 aromatic heterocycles. The molecule has 5 nitrogen and oxygen atoms in total. The van der Waals surface area contributed by atoms with E-state index < -0.39 is 40.0 Å². The molecule has 1 heterocycles. The molecule has 0 aliphatic heterocycles. The fourth-order valence-electron chi connectivity index (χ4n) is 3.36. The maximum absolute atomic E-state index is 14.7. The van der Waals surface area contributed by atoms with Gasteiger partial charge in [0.25, 0.3) is 5.91 Å². The summed E-state index contributed by atoms with van der Waals surface area (Å²) < 4.78 is 56.0. The van der Waals surface area contributed by atoms with Gasteiger partial charge < -0.3 is 5.73 Å². The summed E-state index contributed by atoms with van der Waals surface area (Å²) in [4.78, 5) is 24.5. The fraction of sp³-hybridized carbons (Fsp3) is 0.0455. The molecule has 0 aliphatic carbocycles. The Bertz CT molecular complexity index is 1380. The number of hydrogen-bond donors (Lipinski definition) is 1. The predicted molar refractivity (Wildman–Crippen MR) is 110 cm³/mol. The molecule has 162 valence electrons. The summed E-state index contributed by atoms with van der Waals surface area (Å²) in [6, 6.07) is 12.4. The third-order valence-corrected chi connectivity index (χ3v) is 5.14. The molecule has 32 heavy (non-hydrogen) atoms. The van der Waals surface area contributed by atoms with Crippen molar-refractivity contribution in [3.8, 4) is 11.3 Å². The number of benzene rings is 3. The number of alkyl halides is 3. The molecule has 4 rings (SSSR count). The van der Waals surface area contributed by atoms with Crippen LogP contribution in [0.4, 0.5) is 17.6 Å². The van der Waals surface area contributed by atoms with E-state index in [9.17, 15) is 27.2 Å². The zero-order chi connectivity index (χ0) is 23.2. The Balaban J connectivity index is 1.96. The SMILES string of the molecule is NC(=O)c1ccc(-c2nn(C(=O)c3c(Cl)cccc3C(F)(F)F)c3cccc(F)c23)cc1. The Morgan fingerprint density at radius 1 is 0.969 bits per heavy atom. The smallest absolute Gasteiger partial charge is 0.366 e. The number of amides is 1. The van der Waals surface area contributed by atoms with E-state index in [1.54, 1.807) is 0 Å². The van der Waals surface area contributed by atoms with Crippen molar-refractivity contribution in [3.63, 3.8) is 0 Å². The van der Waals surface area contributed by atoms with Gasteiger partial charge in [0.1, 0.15) is 11.5 Å². The third-order valence-electron chi connectivity index (χ3n) is 4.82. The summed E-state index contributed by atoms with van der Waals surface area (Å²) in [6.07, 6.45) is -4.85. The minimum Gasteiger partial charge on any atom is -0.366 e.